The Kier molecular flexibility index (Phi) is 2.71. The highest BCUT2D eigenvalue weighted by Crippen LogP contribution is 2.28. The Labute approximate surface area is 84.5 Å². The molecule has 1 aliphatic rings. The normalized spacial score (nSPS) is 16.9. The van der Waals surface area contributed by atoms with E-state index >= 15 is 0 Å². The number of anilines is 1. The number of para-hydroxylation sites is 1. The average molecular weight is 193 g/mol. The summed E-state index contributed by atoms with van der Waals surface area (Å²) in [5.74, 6) is 0.682. The van der Waals surface area contributed by atoms with Gasteiger partial charge < -0.3 is 4.90 Å². The molecule has 0 radical (unpaired) electrons. The molecule has 0 aromatic heterocycles. The summed E-state index contributed by atoms with van der Waals surface area (Å²) in [5.41, 5.74) is 0.764. The first-order valence-electron chi connectivity index (χ1n) is 5.30. The molecule has 76 valence electrons. The molecule has 1 saturated heterocycles. The van der Waals surface area contributed by atoms with Crippen molar-refractivity contribution in [3.8, 4) is 0 Å². The van der Waals surface area contributed by atoms with Gasteiger partial charge in [0.15, 0.2) is 0 Å². The highest BCUT2D eigenvalue weighted by atomic mass is 19.1. The van der Waals surface area contributed by atoms with Crippen LogP contribution in [0, 0.1) is 11.7 Å². The van der Waals surface area contributed by atoms with Crippen molar-refractivity contribution in [2.45, 2.75) is 19.8 Å². The maximum atomic E-state index is 13.3. The van der Waals surface area contributed by atoms with Gasteiger partial charge in [-0.1, -0.05) is 25.5 Å². The van der Waals surface area contributed by atoms with Crippen molar-refractivity contribution in [1.82, 2.24) is 0 Å². The Bertz CT molecular complexity index is 305. The first kappa shape index (κ1) is 9.50. The van der Waals surface area contributed by atoms with E-state index in [-0.39, 0.29) is 5.82 Å². The predicted octanol–water partition coefficient (Wildman–Crippen LogP) is 3.06. The number of nitrogens with zero attached hydrogens (tertiary/aromatic N) is 1. The molecule has 1 aliphatic heterocycles. The molecular weight excluding hydrogens is 177 g/mol. The smallest absolute Gasteiger partial charge is 0.146 e. The largest absolute Gasteiger partial charge is 0.368 e. The van der Waals surface area contributed by atoms with Gasteiger partial charge in [-0.15, -0.1) is 0 Å². The molecule has 0 saturated carbocycles. The van der Waals surface area contributed by atoms with E-state index in [4.69, 9.17) is 0 Å². The summed E-state index contributed by atoms with van der Waals surface area (Å²) in [6, 6.07) is 7.02. The molecule has 0 atom stereocenters. The van der Waals surface area contributed by atoms with Crippen LogP contribution >= 0.6 is 0 Å². The molecule has 0 spiro atoms. The summed E-state index contributed by atoms with van der Waals surface area (Å²) in [6.07, 6.45) is 2.50. The lowest BCUT2D eigenvalue weighted by Gasteiger charge is -2.41. The lowest BCUT2D eigenvalue weighted by atomic mass is 9.94. The van der Waals surface area contributed by atoms with Crippen molar-refractivity contribution in [1.29, 1.82) is 0 Å². The fraction of sp³-hybridized carbons (Fsp3) is 0.500. The fourth-order valence-electron chi connectivity index (χ4n) is 2.07. The van der Waals surface area contributed by atoms with Crippen molar-refractivity contribution in [2.75, 3.05) is 18.0 Å². The minimum Gasteiger partial charge on any atom is -0.368 e. The van der Waals surface area contributed by atoms with Crippen LogP contribution in [0.25, 0.3) is 0 Å². The van der Waals surface area contributed by atoms with Crippen molar-refractivity contribution >= 4 is 5.69 Å². The molecule has 1 fully saturated rings. The molecule has 0 aliphatic carbocycles. The van der Waals surface area contributed by atoms with Crippen molar-refractivity contribution in [3.05, 3.63) is 30.1 Å². The van der Waals surface area contributed by atoms with Crippen LogP contribution in [0.4, 0.5) is 10.1 Å². The van der Waals surface area contributed by atoms with Gasteiger partial charge in [0.2, 0.25) is 0 Å². The highest BCUT2D eigenvalue weighted by molar-refractivity contribution is 5.49. The lowest BCUT2D eigenvalue weighted by molar-refractivity contribution is 0.376. The zero-order valence-corrected chi connectivity index (χ0v) is 8.54. The summed E-state index contributed by atoms with van der Waals surface area (Å²) in [4.78, 5) is 2.12. The SMILES string of the molecule is CCCC1CN(c2ccccc2F)C1. The van der Waals surface area contributed by atoms with E-state index in [1.54, 1.807) is 6.07 Å². The van der Waals surface area contributed by atoms with E-state index in [1.165, 1.54) is 18.9 Å². The zero-order chi connectivity index (χ0) is 9.97. The van der Waals surface area contributed by atoms with Crippen molar-refractivity contribution < 1.29 is 4.39 Å². The van der Waals surface area contributed by atoms with Crippen LogP contribution in [0.2, 0.25) is 0 Å². The summed E-state index contributed by atoms with van der Waals surface area (Å²) in [6.45, 7) is 4.25. The van der Waals surface area contributed by atoms with Gasteiger partial charge in [0.25, 0.3) is 0 Å². The average Bonchev–Trinajstić information content (AvgIpc) is 2.12. The predicted molar refractivity (Wildman–Crippen MR) is 57.0 cm³/mol. The quantitative estimate of drug-likeness (QED) is 0.713. The minimum absolute atomic E-state index is 0.0950. The van der Waals surface area contributed by atoms with E-state index < -0.39 is 0 Å². The molecule has 0 amide bonds. The van der Waals surface area contributed by atoms with Crippen LogP contribution in [0.1, 0.15) is 19.8 Å². The van der Waals surface area contributed by atoms with Crippen LogP contribution in [-0.2, 0) is 0 Å². The Hall–Kier alpha value is -1.05. The summed E-state index contributed by atoms with van der Waals surface area (Å²) in [5, 5.41) is 0. The van der Waals surface area contributed by atoms with Gasteiger partial charge in [0.1, 0.15) is 5.82 Å². The number of hydrogen-bond donors (Lipinski definition) is 0. The number of halogens is 1. The molecule has 1 heterocycles. The Balaban J connectivity index is 1.96. The minimum atomic E-state index is -0.0950. The summed E-state index contributed by atoms with van der Waals surface area (Å²) in [7, 11) is 0. The number of hydrogen-bond acceptors (Lipinski definition) is 1. The van der Waals surface area contributed by atoms with Gasteiger partial charge in [-0.3, -0.25) is 0 Å². The second-order valence-corrected chi connectivity index (χ2v) is 4.01. The molecule has 1 aromatic carbocycles. The first-order valence-corrected chi connectivity index (χ1v) is 5.30. The molecule has 0 N–H and O–H groups in total. The Morgan fingerprint density at radius 2 is 2.07 bits per heavy atom. The van der Waals surface area contributed by atoms with Crippen LogP contribution in [0.3, 0.4) is 0 Å². The third-order valence-electron chi connectivity index (χ3n) is 2.85. The van der Waals surface area contributed by atoms with E-state index in [2.05, 4.69) is 11.8 Å². The third kappa shape index (κ3) is 1.74. The van der Waals surface area contributed by atoms with E-state index in [0.29, 0.717) is 0 Å². The molecular formula is C12H16FN. The van der Waals surface area contributed by atoms with Crippen LogP contribution in [-0.4, -0.2) is 13.1 Å². The van der Waals surface area contributed by atoms with Gasteiger partial charge in [-0.05, 0) is 24.5 Å². The monoisotopic (exact) mass is 193 g/mol. The van der Waals surface area contributed by atoms with Gasteiger partial charge in [-0.25, -0.2) is 4.39 Å². The maximum Gasteiger partial charge on any atom is 0.146 e. The Morgan fingerprint density at radius 1 is 1.36 bits per heavy atom. The first-order chi connectivity index (χ1) is 6.81. The van der Waals surface area contributed by atoms with Crippen molar-refractivity contribution in [3.63, 3.8) is 0 Å². The Morgan fingerprint density at radius 3 is 2.71 bits per heavy atom. The van der Waals surface area contributed by atoms with Gasteiger partial charge in [0, 0.05) is 13.1 Å². The lowest BCUT2D eigenvalue weighted by Crippen LogP contribution is -2.47. The molecule has 0 unspecified atom stereocenters. The molecule has 2 rings (SSSR count). The zero-order valence-electron chi connectivity index (χ0n) is 8.54. The summed E-state index contributed by atoms with van der Waals surface area (Å²) >= 11 is 0. The second-order valence-electron chi connectivity index (χ2n) is 4.01. The molecule has 1 nitrogen and oxygen atoms in total. The molecule has 0 bridgehead atoms. The van der Waals surface area contributed by atoms with E-state index in [1.807, 2.05) is 12.1 Å². The van der Waals surface area contributed by atoms with Gasteiger partial charge in [0.05, 0.1) is 5.69 Å². The molecule has 2 heteroatoms. The van der Waals surface area contributed by atoms with Gasteiger partial charge in [-0.2, -0.15) is 0 Å². The van der Waals surface area contributed by atoms with Crippen molar-refractivity contribution in [2.24, 2.45) is 5.92 Å². The van der Waals surface area contributed by atoms with Crippen LogP contribution < -0.4 is 4.90 Å². The van der Waals surface area contributed by atoms with Gasteiger partial charge >= 0.3 is 0 Å². The number of benzene rings is 1. The topological polar surface area (TPSA) is 3.24 Å². The number of rotatable bonds is 3. The standard InChI is InChI=1S/C12H16FN/c1-2-5-10-8-14(9-10)12-7-4-3-6-11(12)13/h3-4,6-7,10H,2,5,8-9H2,1H3. The van der Waals surface area contributed by atoms with Crippen LogP contribution in [0.5, 0.6) is 0 Å². The molecule has 1 aromatic rings. The van der Waals surface area contributed by atoms with E-state index in [9.17, 15) is 4.39 Å². The van der Waals surface area contributed by atoms with Crippen LogP contribution in [0.15, 0.2) is 24.3 Å². The third-order valence-corrected chi connectivity index (χ3v) is 2.85. The highest BCUT2D eigenvalue weighted by Gasteiger charge is 2.27. The second kappa shape index (κ2) is 3.99. The van der Waals surface area contributed by atoms with E-state index in [0.717, 1.165) is 24.7 Å². The fourth-order valence-corrected chi connectivity index (χ4v) is 2.07. The maximum absolute atomic E-state index is 13.3. The molecule has 14 heavy (non-hydrogen) atoms. The summed E-state index contributed by atoms with van der Waals surface area (Å²) < 4.78 is 13.3.